The molecule has 3 nitrogen and oxygen atoms in total. The van der Waals surface area contributed by atoms with Crippen molar-refractivity contribution in [2.45, 2.75) is 5.88 Å². The molecular weight excluding hydrogens is 314 g/mol. The van der Waals surface area contributed by atoms with Crippen LogP contribution in [0, 0.1) is 3.57 Å². The maximum atomic E-state index is 5.58. The van der Waals surface area contributed by atoms with Crippen molar-refractivity contribution in [1.29, 1.82) is 0 Å². The molecule has 0 aliphatic heterocycles. The van der Waals surface area contributed by atoms with Gasteiger partial charge in [0, 0.05) is 3.57 Å². The van der Waals surface area contributed by atoms with Crippen LogP contribution in [0.1, 0.15) is 5.82 Å². The molecule has 0 unspecified atom stereocenters. The van der Waals surface area contributed by atoms with E-state index in [1.54, 1.807) is 0 Å². The van der Waals surface area contributed by atoms with E-state index in [9.17, 15) is 0 Å². The van der Waals surface area contributed by atoms with Crippen LogP contribution in [0.15, 0.2) is 28.8 Å². The highest BCUT2D eigenvalue weighted by Gasteiger charge is 2.10. The summed E-state index contributed by atoms with van der Waals surface area (Å²) in [7, 11) is 0. The second kappa shape index (κ2) is 4.27. The summed E-state index contributed by atoms with van der Waals surface area (Å²) in [6.07, 6.45) is 0. The van der Waals surface area contributed by atoms with Gasteiger partial charge >= 0.3 is 0 Å². The quantitative estimate of drug-likeness (QED) is 0.630. The fraction of sp³-hybridized carbons (Fsp3) is 0.111. The average Bonchev–Trinajstić information content (AvgIpc) is 2.67. The summed E-state index contributed by atoms with van der Waals surface area (Å²) < 4.78 is 6.15. The van der Waals surface area contributed by atoms with E-state index in [0.29, 0.717) is 11.7 Å². The van der Waals surface area contributed by atoms with Crippen LogP contribution in [0.4, 0.5) is 0 Å². The lowest BCUT2D eigenvalue weighted by molar-refractivity contribution is 0.425. The number of nitrogens with zero attached hydrogens (tertiary/aromatic N) is 2. The molecule has 1 heterocycles. The summed E-state index contributed by atoms with van der Waals surface area (Å²) in [6.45, 7) is 0. The number of hydrogen-bond donors (Lipinski definition) is 0. The van der Waals surface area contributed by atoms with Crippen LogP contribution in [0.2, 0.25) is 0 Å². The van der Waals surface area contributed by atoms with Gasteiger partial charge in [0.15, 0.2) is 5.82 Å². The lowest BCUT2D eigenvalue weighted by Crippen LogP contribution is -1.83. The minimum Gasteiger partial charge on any atom is -0.334 e. The fourth-order valence-corrected chi connectivity index (χ4v) is 1.78. The molecule has 0 amide bonds. The molecule has 0 bridgehead atoms. The second-order valence-corrected chi connectivity index (χ2v) is 4.06. The Balaban J connectivity index is 2.44. The molecule has 14 heavy (non-hydrogen) atoms. The molecule has 0 aliphatic carbocycles. The number of aromatic nitrogens is 2. The lowest BCUT2D eigenvalue weighted by Gasteiger charge is -1.95. The van der Waals surface area contributed by atoms with E-state index in [-0.39, 0.29) is 5.88 Å². The van der Waals surface area contributed by atoms with E-state index >= 15 is 0 Å². The molecule has 0 radical (unpaired) electrons. The van der Waals surface area contributed by atoms with Gasteiger partial charge in [0.05, 0.1) is 11.4 Å². The van der Waals surface area contributed by atoms with Gasteiger partial charge in [-0.3, -0.25) is 0 Å². The molecule has 2 aromatic rings. The van der Waals surface area contributed by atoms with Crippen molar-refractivity contribution in [3.05, 3.63) is 33.7 Å². The first-order chi connectivity index (χ1) is 6.81. The van der Waals surface area contributed by atoms with Gasteiger partial charge in [0.1, 0.15) is 0 Å². The molecule has 0 spiro atoms. The van der Waals surface area contributed by atoms with E-state index in [1.165, 1.54) is 0 Å². The van der Waals surface area contributed by atoms with Gasteiger partial charge in [-0.2, -0.15) is 4.98 Å². The van der Waals surface area contributed by atoms with E-state index in [4.69, 9.17) is 16.1 Å². The van der Waals surface area contributed by atoms with Crippen LogP contribution in [-0.4, -0.2) is 10.1 Å². The molecule has 1 aromatic heterocycles. The standard InChI is InChI=1S/C9H6ClIN2O/c10-5-8-12-9(14-13-8)6-3-1-2-4-7(6)11/h1-4H,5H2. The minimum atomic E-state index is 0.271. The van der Waals surface area contributed by atoms with E-state index in [0.717, 1.165) is 9.13 Å². The molecule has 0 fully saturated rings. The van der Waals surface area contributed by atoms with Gasteiger partial charge in [-0.1, -0.05) is 17.3 Å². The zero-order chi connectivity index (χ0) is 9.97. The van der Waals surface area contributed by atoms with Crippen LogP contribution >= 0.6 is 34.2 Å². The monoisotopic (exact) mass is 320 g/mol. The Labute approximate surface area is 99.6 Å². The van der Waals surface area contributed by atoms with E-state index in [2.05, 4.69) is 32.7 Å². The Morgan fingerprint density at radius 3 is 2.79 bits per heavy atom. The Kier molecular flexibility index (Phi) is 3.02. The van der Waals surface area contributed by atoms with Gasteiger partial charge in [-0.25, -0.2) is 0 Å². The first-order valence-corrected chi connectivity index (χ1v) is 5.56. The molecule has 72 valence electrons. The minimum absolute atomic E-state index is 0.271. The predicted octanol–water partition coefficient (Wildman–Crippen LogP) is 3.08. The van der Waals surface area contributed by atoms with Crippen LogP contribution in [-0.2, 0) is 5.88 Å². The van der Waals surface area contributed by atoms with Crippen molar-refractivity contribution >= 4 is 34.2 Å². The molecule has 1 aromatic carbocycles. The Morgan fingerprint density at radius 1 is 1.36 bits per heavy atom. The largest absolute Gasteiger partial charge is 0.334 e. The molecule has 0 saturated carbocycles. The summed E-state index contributed by atoms with van der Waals surface area (Å²) in [4.78, 5) is 4.15. The van der Waals surface area contributed by atoms with Crippen molar-refractivity contribution in [2.24, 2.45) is 0 Å². The summed E-state index contributed by atoms with van der Waals surface area (Å²) in [5.74, 6) is 1.30. The van der Waals surface area contributed by atoms with Crippen molar-refractivity contribution in [3.8, 4) is 11.5 Å². The third-order valence-corrected chi connectivity index (χ3v) is 2.87. The topological polar surface area (TPSA) is 38.9 Å². The average molecular weight is 321 g/mol. The maximum absolute atomic E-state index is 5.58. The predicted molar refractivity (Wildman–Crippen MR) is 62.0 cm³/mol. The van der Waals surface area contributed by atoms with Gasteiger partial charge in [-0.15, -0.1) is 11.6 Å². The van der Waals surface area contributed by atoms with E-state index < -0.39 is 0 Å². The molecular formula is C9H6ClIN2O. The lowest BCUT2D eigenvalue weighted by atomic mass is 10.2. The van der Waals surface area contributed by atoms with Gasteiger partial charge in [-0.05, 0) is 34.7 Å². The number of alkyl halides is 1. The summed E-state index contributed by atoms with van der Waals surface area (Å²) in [6, 6.07) is 7.82. The summed E-state index contributed by atoms with van der Waals surface area (Å²) in [5, 5.41) is 3.73. The number of rotatable bonds is 2. The SMILES string of the molecule is ClCc1noc(-c2ccccc2I)n1. The first kappa shape index (κ1) is 9.92. The van der Waals surface area contributed by atoms with Crippen LogP contribution in [0.5, 0.6) is 0 Å². The Morgan fingerprint density at radius 2 is 2.14 bits per heavy atom. The summed E-state index contributed by atoms with van der Waals surface area (Å²) in [5.41, 5.74) is 0.942. The summed E-state index contributed by atoms with van der Waals surface area (Å²) >= 11 is 7.81. The van der Waals surface area contributed by atoms with Gasteiger partial charge in [0.2, 0.25) is 0 Å². The van der Waals surface area contributed by atoms with Crippen molar-refractivity contribution in [3.63, 3.8) is 0 Å². The molecule has 2 rings (SSSR count). The maximum Gasteiger partial charge on any atom is 0.259 e. The molecule has 0 atom stereocenters. The van der Waals surface area contributed by atoms with Crippen LogP contribution in [0.25, 0.3) is 11.5 Å². The highest BCUT2D eigenvalue weighted by molar-refractivity contribution is 14.1. The van der Waals surface area contributed by atoms with Gasteiger partial charge in [0.25, 0.3) is 5.89 Å². The smallest absolute Gasteiger partial charge is 0.259 e. The zero-order valence-corrected chi connectivity index (χ0v) is 9.99. The highest BCUT2D eigenvalue weighted by atomic mass is 127. The number of hydrogen-bond acceptors (Lipinski definition) is 3. The highest BCUT2D eigenvalue weighted by Crippen LogP contribution is 2.23. The first-order valence-electron chi connectivity index (χ1n) is 3.94. The van der Waals surface area contributed by atoms with Crippen molar-refractivity contribution in [2.75, 3.05) is 0 Å². The van der Waals surface area contributed by atoms with Crippen LogP contribution < -0.4 is 0 Å². The van der Waals surface area contributed by atoms with Gasteiger partial charge < -0.3 is 4.52 Å². The third kappa shape index (κ3) is 1.90. The van der Waals surface area contributed by atoms with Crippen molar-refractivity contribution in [1.82, 2.24) is 10.1 Å². The molecule has 5 heteroatoms. The molecule has 0 N–H and O–H groups in total. The fourth-order valence-electron chi connectivity index (χ4n) is 1.05. The Hall–Kier alpha value is -0.620. The van der Waals surface area contributed by atoms with Crippen LogP contribution in [0.3, 0.4) is 0 Å². The number of benzene rings is 1. The third-order valence-electron chi connectivity index (χ3n) is 1.69. The normalized spacial score (nSPS) is 10.4. The number of halogens is 2. The Bertz CT molecular complexity index is 444. The molecule has 0 aliphatic rings. The van der Waals surface area contributed by atoms with E-state index in [1.807, 2.05) is 24.3 Å². The second-order valence-electron chi connectivity index (χ2n) is 2.63. The molecule has 0 saturated heterocycles. The zero-order valence-electron chi connectivity index (χ0n) is 7.08. The van der Waals surface area contributed by atoms with Crippen molar-refractivity contribution < 1.29 is 4.52 Å².